The minimum atomic E-state index is -3.58. The molecule has 0 aliphatic heterocycles. The first-order chi connectivity index (χ1) is 11.9. The van der Waals surface area contributed by atoms with Gasteiger partial charge in [-0.05, 0) is 18.2 Å². The van der Waals surface area contributed by atoms with Crippen molar-refractivity contribution in [2.24, 2.45) is 0 Å². The average Bonchev–Trinajstić information content (AvgIpc) is 2.61. The van der Waals surface area contributed by atoms with Gasteiger partial charge >= 0.3 is 0 Å². The predicted octanol–water partition coefficient (Wildman–Crippen LogP) is 2.02. The van der Waals surface area contributed by atoms with Gasteiger partial charge in [0, 0.05) is 32.1 Å². The highest BCUT2D eigenvalue weighted by atomic mass is 32.2. The molecule has 0 saturated carbocycles. The Bertz CT molecular complexity index is 807. The quantitative estimate of drug-likeness (QED) is 0.780. The Balaban J connectivity index is 2.00. The van der Waals surface area contributed by atoms with E-state index in [1.54, 1.807) is 30.2 Å². The molecule has 6 nitrogen and oxygen atoms in total. The van der Waals surface area contributed by atoms with Crippen molar-refractivity contribution in [3.63, 3.8) is 0 Å². The lowest BCUT2D eigenvalue weighted by molar-refractivity contribution is -0.129. The first-order valence-corrected chi connectivity index (χ1v) is 9.34. The van der Waals surface area contributed by atoms with Gasteiger partial charge in [0.25, 0.3) is 0 Å². The van der Waals surface area contributed by atoms with Gasteiger partial charge in [0.1, 0.15) is 5.75 Å². The van der Waals surface area contributed by atoms with E-state index in [9.17, 15) is 13.2 Å². The lowest BCUT2D eigenvalue weighted by atomic mass is 10.2. The molecule has 25 heavy (non-hydrogen) atoms. The number of hydrogen-bond donors (Lipinski definition) is 1. The molecule has 1 N–H and O–H groups in total. The van der Waals surface area contributed by atoms with Crippen LogP contribution < -0.4 is 9.46 Å². The van der Waals surface area contributed by atoms with Crippen LogP contribution in [0.4, 0.5) is 0 Å². The summed E-state index contributed by atoms with van der Waals surface area (Å²) in [6, 6.07) is 15.6. The van der Waals surface area contributed by atoms with E-state index >= 15 is 0 Å². The van der Waals surface area contributed by atoms with Crippen LogP contribution >= 0.6 is 0 Å². The maximum atomic E-state index is 12.2. The molecule has 0 radical (unpaired) electrons. The molecule has 0 fully saturated rings. The Morgan fingerprint density at radius 2 is 1.72 bits per heavy atom. The van der Waals surface area contributed by atoms with Gasteiger partial charge in [0.15, 0.2) is 0 Å². The largest absolute Gasteiger partial charge is 0.496 e. The van der Waals surface area contributed by atoms with Gasteiger partial charge in [-0.3, -0.25) is 4.79 Å². The highest BCUT2D eigenvalue weighted by molar-refractivity contribution is 7.89. The Kier molecular flexibility index (Phi) is 6.55. The molecule has 2 aromatic rings. The van der Waals surface area contributed by atoms with Crippen molar-refractivity contribution >= 4 is 15.9 Å². The topological polar surface area (TPSA) is 75.7 Å². The molecule has 7 heteroatoms. The van der Waals surface area contributed by atoms with E-state index in [1.807, 2.05) is 24.3 Å². The molecule has 0 spiro atoms. The summed E-state index contributed by atoms with van der Waals surface area (Å²) in [5.41, 5.74) is 0.867. The maximum absolute atomic E-state index is 12.2. The number of rotatable bonds is 8. The zero-order valence-electron chi connectivity index (χ0n) is 14.3. The van der Waals surface area contributed by atoms with Crippen LogP contribution in [0.5, 0.6) is 5.75 Å². The summed E-state index contributed by atoms with van der Waals surface area (Å²) in [7, 11) is -2.01. The molecule has 0 aliphatic rings. The molecule has 2 aromatic carbocycles. The molecule has 0 saturated heterocycles. The van der Waals surface area contributed by atoms with Crippen LogP contribution in [0.15, 0.2) is 59.5 Å². The molecule has 0 bridgehead atoms. The fourth-order valence-electron chi connectivity index (χ4n) is 2.38. The molecular weight excluding hydrogens is 340 g/mol. The van der Waals surface area contributed by atoms with E-state index in [2.05, 4.69) is 4.72 Å². The van der Waals surface area contributed by atoms with Gasteiger partial charge in [-0.1, -0.05) is 36.4 Å². The van der Waals surface area contributed by atoms with Crippen molar-refractivity contribution in [3.8, 4) is 5.75 Å². The third kappa shape index (κ3) is 5.30. The molecule has 134 valence electrons. The van der Waals surface area contributed by atoms with Gasteiger partial charge in [-0.15, -0.1) is 0 Å². The van der Waals surface area contributed by atoms with E-state index in [0.717, 1.165) is 5.56 Å². The Morgan fingerprint density at radius 3 is 2.36 bits per heavy atom. The third-order valence-corrected chi connectivity index (χ3v) is 5.20. The second-order valence-electron chi connectivity index (χ2n) is 5.46. The fraction of sp³-hybridized carbons (Fsp3) is 0.278. The van der Waals surface area contributed by atoms with Crippen molar-refractivity contribution < 1.29 is 17.9 Å². The molecule has 0 heterocycles. The molecule has 0 aliphatic carbocycles. The number of para-hydroxylation sites is 1. The molecule has 0 atom stereocenters. The van der Waals surface area contributed by atoms with E-state index in [0.29, 0.717) is 12.3 Å². The van der Waals surface area contributed by atoms with Crippen molar-refractivity contribution in [3.05, 3.63) is 60.2 Å². The summed E-state index contributed by atoms with van der Waals surface area (Å²) >= 11 is 0. The SMILES string of the molecule is COc1ccccc1CN(CCNS(=O)(=O)c1ccccc1)C(C)=O. The van der Waals surface area contributed by atoms with E-state index < -0.39 is 10.0 Å². The number of methoxy groups -OCH3 is 1. The minimum Gasteiger partial charge on any atom is -0.496 e. The van der Waals surface area contributed by atoms with Gasteiger partial charge in [0.05, 0.1) is 12.0 Å². The summed E-state index contributed by atoms with van der Waals surface area (Å²) < 4.78 is 32.2. The van der Waals surface area contributed by atoms with Crippen LogP contribution in [0.2, 0.25) is 0 Å². The van der Waals surface area contributed by atoms with Crippen LogP contribution in [-0.2, 0) is 21.4 Å². The summed E-state index contributed by atoms with van der Waals surface area (Å²) in [6.07, 6.45) is 0. The Hall–Kier alpha value is -2.38. The van der Waals surface area contributed by atoms with E-state index in [-0.39, 0.29) is 23.9 Å². The number of benzene rings is 2. The molecule has 0 unspecified atom stereocenters. The molecular formula is C18H22N2O4S. The molecule has 0 aromatic heterocycles. The molecule has 1 amide bonds. The Morgan fingerprint density at radius 1 is 1.08 bits per heavy atom. The van der Waals surface area contributed by atoms with Gasteiger partial charge in [-0.2, -0.15) is 0 Å². The van der Waals surface area contributed by atoms with Crippen LogP contribution in [0.1, 0.15) is 12.5 Å². The minimum absolute atomic E-state index is 0.131. The summed E-state index contributed by atoms with van der Waals surface area (Å²) in [5.74, 6) is 0.559. The number of ether oxygens (including phenoxy) is 1. The smallest absolute Gasteiger partial charge is 0.240 e. The lowest BCUT2D eigenvalue weighted by Crippen LogP contribution is -2.37. The number of sulfonamides is 1. The van der Waals surface area contributed by atoms with Crippen LogP contribution in [0.25, 0.3) is 0 Å². The van der Waals surface area contributed by atoms with Gasteiger partial charge < -0.3 is 9.64 Å². The predicted molar refractivity (Wildman–Crippen MR) is 95.7 cm³/mol. The number of carbonyl (C=O) groups is 1. The Labute approximate surface area is 148 Å². The maximum Gasteiger partial charge on any atom is 0.240 e. The van der Waals surface area contributed by atoms with Gasteiger partial charge in [-0.25, -0.2) is 13.1 Å². The monoisotopic (exact) mass is 362 g/mol. The number of nitrogens with zero attached hydrogens (tertiary/aromatic N) is 1. The lowest BCUT2D eigenvalue weighted by Gasteiger charge is -2.22. The van der Waals surface area contributed by atoms with E-state index in [1.165, 1.54) is 19.1 Å². The highest BCUT2D eigenvalue weighted by Gasteiger charge is 2.16. The second kappa shape index (κ2) is 8.64. The summed E-state index contributed by atoms with van der Waals surface area (Å²) in [4.78, 5) is 13.7. The second-order valence-corrected chi connectivity index (χ2v) is 7.23. The fourth-order valence-corrected chi connectivity index (χ4v) is 3.43. The van der Waals surface area contributed by atoms with Crippen molar-refractivity contribution in [2.75, 3.05) is 20.2 Å². The zero-order valence-corrected chi connectivity index (χ0v) is 15.1. The number of amides is 1. The van der Waals surface area contributed by atoms with Crippen molar-refractivity contribution in [1.29, 1.82) is 0 Å². The van der Waals surface area contributed by atoms with Crippen molar-refractivity contribution in [2.45, 2.75) is 18.4 Å². The van der Waals surface area contributed by atoms with Crippen LogP contribution in [0, 0.1) is 0 Å². The van der Waals surface area contributed by atoms with Crippen molar-refractivity contribution in [1.82, 2.24) is 9.62 Å². The third-order valence-electron chi connectivity index (χ3n) is 3.73. The zero-order chi connectivity index (χ0) is 18.3. The normalized spacial score (nSPS) is 11.1. The van der Waals surface area contributed by atoms with Crippen LogP contribution in [-0.4, -0.2) is 39.4 Å². The highest BCUT2D eigenvalue weighted by Crippen LogP contribution is 2.19. The van der Waals surface area contributed by atoms with Gasteiger partial charge in [0.2, 0.25) is 15.9 Å². The number of carbonyl (C=O) groups excluding carboxylic acids is 1. The first kappa shape index (κ1) is 19.0. The van der Waals surface area contributed by atoms with E-state index in [4.69, 9.17) is 4.74 Å². The number of nitrogens with one attached hydrogen (secondary N) is 1. The summed E-state index contributed by atoms with van der Waals surface area (Å²) in [6.45, 7) is 2.21. The first-order valence-electron chi connectivity index (χ1n) is 7.86. The standard InChI is InChI=1S/C18H22N2O4S/c1-15(21)20(14-16-8-6-7-11-18(16)24-2)13-12-19-25(22,23)17-9-4-3-5-10-17/h3-11,19H,12-14H2,1-2H3. The molecule has 2 rings (SSSR count). The number of hydrogen-bond acceptors (Lipinski definition) is 4. The van der Waals surface area contributed by atoms with Crippen LogP contribution in [0.3, 0.4) is 0 Å². The summed E-state index contributed by atoms with van der Waals surface area (Å²) in [5, 5.41) is 0. The average molecular weight is 362 g/mol.